The minimum Gasteiger partial charge on any atom is -1.00 e. The summed E-state index contributed by atoms with van der Waals surface area (Å²) in [6.45, 7) is 3.51. The van der Waals surface area contributed by atoms with E-state index >= 15 is 0 Å². The molecule has 0 aliphatic heterocycles. The van der Waals surface area contributed by atoms with Gasteiger partial charge in [-0.1, -0.05) is 103 Å². The van der Waals surface area contributed by atoms with Gasteiger partial charge in [-0.25, -0.2) is 9.13 Å². The molecule has 0 amide bonds. The molecule has 0 radical (unpaired) electrons. The molecule has 176 valence electrons. The zero-order chi connectivity index (χ0) is 20.4. The molecule has 2 nitrogen and oxygen atoms in total. The lowest BCUT2D eigenvalue weighted by Crippen LogP contribution is -3.00. The van der Waals surface area contributed by atoms with Gasteiger partial charge in [-0.3, -0.25) is 0 Å². The first-order valence-corrected chi connectivity index (χ1v) is 13.5. The molecule has 1 saturated carbocycles. The van der Waals surface area contributed by atoms with Crippen molar-refractivity contribution in [2.24, 2.45) is 0 Å². The van der Waals surface area contributed by atoms with Gasteiger partial charge in [0.1, 0.15) is 18.4 Å². The summed E-state index contributed by atoms with van der Waals surface area (Å²) in [6, 6.07) is 0.774. The molecule has 30 heavy (non-hydrogen) atoms. The average molecular weight is 484 g/mol. The molecule has 0 spiro atoms. The van der Waals surface area contributed by atoms with Gasteiger partial charge in [-0.15, -0.1) is 0 Å². The van der Waals surface area contributed by atoms with Crippen LogP contribution >= 0.6 is 0 Å². The highest BCUT2D eigenvalue weighted by atomic mass is 79.9. The summed E-state index contributed by atoms with van der Waals surface area (Å²) in [4.78, 5) is 0. The summed E-state index contributed by atoms with van der Waals surface area (Å²) in [5.74, 6) is 0. The molecule has 1 aliphatic carbocycles. The van der Waals surface area contributed by atoms with E-state index in [0.29, 0.717) is 0 Å². The van der Waals surface area contributed by atoms with Gasteiger partial charge in [0.15, 0.2) is 0 Å². The number of halogens is 1. The highest BCUT2D eigenvalue weighted by Gasteiger charge is 2.19. The van der Waals surface area contributed by atoms with Crippen LogP contribution < -0.4 is 21.5 Å². The first kappa shape index (κ1) is 27.7. The van der Waals surface area contributed by atoms with Crippen LogP contribution in [0, 0.1) is 0 Å². The van der Waals surface area contributed by atoms with Crippen LogP contribution in [0.25, 0.3) is 0 Å². The molecule has 0 unspecified atom stereocenters. The van der Waals surface area contributed by atoms with Crippen molar-refractivity contribution in [1.82, 2.24) is 4.57 Å². The molecule has 0 atom stereocenters. The molecule has 1 heterocycles. The SMILES string of the molecule is CCCCCCCCCCCCCCCCCC[n+]1ccn(C2CCCCC2)c1.[Br-]. The van der Waals surface area contributed by atoms with E-state index in [0.717, 1.165) is 6.04 Å². The maximum atomic E-state index is 2.48. The quantitative estimate of drug-likeness (QED) is 0.191. The van der Waals surface area contributed by atoms with Gasteiger partial charge in [0.2, 0.25) is 6.33 Å². The first-order valence-electron chi connectivity index (χ1n) is 13.5. The Balaban J connectivity index is 0.00000450. The lowest BCUT2D eigenvalue weighted by Gasteiger charge is -2.18. The summed E-state index contributed by atoms with van der Waals surface area (Å²) in [5.41, 5.74) is 0. The van der Waals surface area contributed by atoms with E-state index in [1.807, 2.05) is 0 Å². The smallest absolute Gasteiger partial charge is 0.243 e. The van der Waals surface area contributed by atoms with Crippen molar-refractivity contribution in [3.05, 3.63) is 18.7 Å². The van der Waals surface area contributed by atoms with E-state index in [-0.39, 0.29) is 17.0 Å². The Morgan fingerprint density at radius 3 is 1.63 bits per heavy atom. The van der Waals surface area contributed by atoms with Crippen molar-refractivity contribution in [3.8, 4) is 0 Å². The molecule has 0 saturated heterocycles. The van der Waals surface area contributed by atoms with E-state index in [9.17, 15) is 0 Å². The Kier molecular flexibility index (Phi) is 17.9. The Labute approximate surface area is 199 Å². The highest BCUT2D eigenvalue weighted by Crippen LogP contribution is 2.27. The summed E-state index contributed by atoms with van der Waals surface area (Å²) >= 11 is 0. The number of unbranched alkanes of at least 4 members (excludes halogenated alkanes) is 15. The Bertz CT molecular complexity index is 479. The zero-order valence-electron chi connectivity index (χ0n) is 20.1. The van der Waals surface area contributed by atoms with Crippen molar-refractivity contribution in [2.45, 2.75) is 154 Å². The second kappa shape index (κ2) is 19.4. The van der Waals surface area contributed by atoms with E-state index in [1.165, 1.54) is 141 Å². The van der Waals surface area contributed by atoms with Gasteiger partial charge in [-0.05, 0) is 38.5 Å². The van der Waals surface area contributed by atoms with Gasteiger partial charge in [0.05, 0.1) is 6.54 Å². The van der Waals surface area contributed by atoms with Gasteiger partial charge >= 0.3 is 0 Å². The van der Waals surface area contributed by atoms with E-state index in [1.54, 1.807) is 0 Å². The molecule has 1 aliphatic rings. The van der Waals surface area contributed by atoms with Crippen LogP contribution in [0.4, 0.5) is 0 Å². The summed E-state index contributed by atoms with van der Waals surface area (Å²) in [7, 11) is 0. The van der Waals surface area contributed by atoms with Crippen LogP contribution in [0.3, 0.4) is 0 Å². The molecular formula is C27H51BrN2. The third kappa shape index (κ3) is 13.2. The van der Waals surface area contributed by atoms with E-state index in [2.05, 4.69) is 34.8 Å². The largest absolute Gasteiger partial charge is 1.00 e. The minimum atomic E-state index is 0. The number of nitrogens with zero attached hydrogens (tertiary/aromatic N) is 2. The van der Waals surface area contributed by atoms with Crippen LogP contribution in [0.1, 0.15) is 148 Å². The number of hydrogen-bond donors (Lipinski definition) is 0. The van der Waals surface area contributed by atoms with Crippen molar-refractivity contribution < 1.29 is 21.5 Å². The molecule has 1 aromatic heterocycles. The summed E-state index contributed by atoms with van der Waals surface area (Å²) < 4.78 is 4.89. The topological polar surface area (TPSA) is 8.81 Å². The van der Waals surface area contributed by atoms with Crippen LogP contribution in [0.15, 0.2) is 18.7 Å². The number of hydrogen-bond acceptors (Lipinski definition) is 0. The molecular weight excluding hydrogens is 432 g/mol. The molecule has 2 rings (SSSR count). The van der Waals surface area contributed by atoms with Crippen molar-refractivity contribution in [1.29, 1.82) is 0 Å². The predicted octanol–water partition coefficient (Wildman–Crippen LogP) is 5.55. The predicted molar refractivity (Wildman–Crippen MR) is 126 cm³/mol. The maximum absolute atomic E-state index is 2.48. The minimum absolute atomic E-state index is 0. The number of aryl methyl sites for hydroxylation is 1. The fraction of sp³-hybridized carbons (Fsp3) is 0.889. The van der Waals surface area contributed by atoms with Crippen LogP contribution in [-0.4, -0.2) is 4.57 Å². The number of imidazole rings is 1. The normalized spacial score (nSPS) is 14.7. The summed E-state index contributed by atoms with van der Waals surface area (Å²) in [6.07, 6.45) is 37.2. The third-order valence-electron chi connectivity index (χ3n) is 6.98. The summed E-state index contributed by atoms with van der Waals surface area (Å²) in [5, 5.41) is 0. The van der Waals surface area contributed by atoms with Crippen molar-refractivity contribution in [3.63, 3.8) is 0 Å². The maximum Gasteiger partial charge on any atom is 0.243 e. The Morgan fingerprint density at radius 2 is 1.13 bits per heavy atom. The Morgan fingerprint density at radius 1 is 0.667 bits per heavy atom. The number of rotatable bonds is 18. The zero-order valence-corrected chi connectivity index (χ0v) is 21.7. The van der Waals surface area contributed by atoms with Crippen molar-refractivity contribution in [2.75, 3.05) is 0 Å². The molecule has 0 N–H and O–H groups in total. The fourth-order valence-corrected chi connectivity index (χ4v) is 4.98. The Hall–Kier alpha value is -0.310. The third-order valence-corrected chi connectivity index (χ3v) is 6.98. The highest BCUT2D eigenvalue weighted by molar-refractivity contribution is 4.77. The standard InChI is InChI=1S/C27H51N2.BrH/c1-2-3-4-5-6-7-8-9-10-11-12-13-14-15-16-20-23-28-24-25-29(26-28)27-21-18-17-19-22-27;/h24-27H,2-23H2,1H3;1H/q+1;/p-1. The first-order chi connectivity index (χ1) is 14.4. The lowest BCUT2D eigenvalue weighted by atomic mass is 9.95. The monoisotopic (exact) mass is 482 g/mol. The average Bonchev–Trinajstić information content (AvgIpc) is 3.23. The second-order valence-electron chi connectivity index (χ2n) is 9.69. The van der Waals surface area contributed by atoms with E-state index in [4.69, 9.17) is 0 Å². The van der Waals surface area contributed by atoms with Gasteiger partial charge in [0, 0.05) is 0 Å². The van der Waals surface area contributed by atoms with Crippen molar-refractivity contribution >= 4 is 0 Å². The van der Waals surface area contributed by atoms with Gasteiger partial charge in [-0.2, -0.15) is 0 Å². The molecule has 1 fully saturated rings. The van der Waals surface area contributed by atoms with Crippen LogP contribution in [-0.2, 0) is 6.54 Å². The van der Waals surface area contributed by atoms with Crippen LogP contribution in [0.5, 0.6) is 0 Å². The molecule has 0 bridgehead atoms. The lowest BCUT2D eigenvalue weighted by molar-refractivity contribution is -0.697. The molecule has 0 aromatic carbocycles. The molecule has 1 aromatic rings. The molecule has 3 heteroatoms. The number of aromatic nitrogens is 2. The van der Waals surface area contributed by atoms with Crippen LogP contribution in [0.2, 0.25) is 0 Å². The van der Waals surface area contributed by atoms with E-state index < -0.39 is 0 Å². The van der Waals surface area contributed by atoms with Gasteiger partial charge in [0.25, 0.3) is 0 Å². The second-order valence-corrected chi connectivity index (χ2v) is 9.69. The van der Waals surface area contributed by atoms with Gasteiger partial charge < -0.3 is 17.0 Å². The fourth-order valence-electron chi connectivity index (χ4n) is 4.98.